The van der Waals surface area contributed by atoms with Crippen molar-refractivity contribution in [3.63, 3.8) is 0 Å². The first-order chi connectivity index (χ1) is 14.4. The number of rotatable bonds is 7. The molecular weight excluding hydrogens is 425 g/mol. The molecule has 0 heterocycles. The third kappa shape index (κ3) is 7.19. The van der Waals surface area contributed by atoms with Crippen molar-refractivity contribution >= 4 is 33.4 Å². The van der Waals surface area contributed by atoms with Crippen molar-refractivity contribution in [2.24, 2.45) is 0 Å². The molecule has 31 heavy (non-hydrogen) atoms. The van der Waals surface area contributed by atoms with E-state index in [0.717, 1.165) is 12.1 Å². The lowest BCUT2D eigenvalue weighted by Gasteiger charge is -2.20. The summed E-state index contributed by atoms with van der Waals surface area (Å²) in [6.45, 7) is 8.58. The third-order valence-corrected chi connectivity index (χ3v) is 5.15. The molecule has 0 bridgehead atoms. The molecule has 0 spiro atoms. The number of carbonyl (C=O) groups excluding carboxylic acids is 2. The summed E-state index contributed by atoms with van der Waals surface area (Å²) in [5.74, 6) is -1.25. The maximum absolute atomic E-state index is 13.7. The van der Waals surface area contributed by atoms with Crippen molar-refractivity contribution in [3.05, 3.63) is 66.5 Å². The number of benzene rings is 2. The molecule has 2 aromatic rings. The molecule has 8 nitrogen and oxygen atoms in total. The van der Waals surface area contributed by atoms with Crippen LogP contribution in [-0.4, -0.2) is 32.6 Å². The van der Waals surface area contributed by atoms with Crippen molar-refractivity contribution in [1.29, 1.82) is 0 Å². The number of hydrogen-bond acceptors (Lipinski definition) is 5. The minimum absolute atomic E-state index is 0.0141. The van der Waals surface area contributed by atoms with E-state index in [1.54, 1.807) is 20.8 Å². The van der Waals surface area contributed by atoms with Crippen LogP contribution in [0.25, 0.3) is 0 Å². The predicted octanol–water partition coefficient (Wildman–Crippen LogP) is 3.89. The van der Waals surface area contributed by atoms with Crippen molar-refractivity contribution < 1.29 is 27.1 Å². The molecule has 10 heteroatoms. The molecule has 166 valence electrons. The summed E-state index contributed by atoms with van der Waals surface area (Å²) in [6, 6.07) is 8.63. The molecule has 2 rings (SSSR count). The number of hydrogen-bond donors (Lipinski definition) is 3. The Hall–Kier alpha value is -3.24. The first-order valence-corrected chi connectivity index (χ1v) is 10.7. The van der Waals surface area contributed by atoms with Crippen LogP contribution in [0, 0.1) is 5.82 Å². The highest BCUT2D eigenvalue weighted by Crippen LogP contribution is 2.24. The van der Waals surface area contributed by atoms with Gasteiger partial charge < -0.3 is 10.1 Å². The smallest absolute Gasteiger partial charge is 0.412 e. The Morgan fingerprint density at radius 3 is 2.29 bits per heavy atom. The molecule has 0 atom stereocenters. The summed E-state index contributed by atoms with van der Waals surface area (Å²) in [5, 5.41) is 4.96. The van der Waals surface area contributed by atoms with Crippen molar-refractivity contribution in [1.82, 2.24) is 4.72 Å². The van der Waals surface area contributed by atoms with Crippen LogP contribution in [-0.2, 0) is 14.8 Å². The SMILES string of the molecule is C=CCNS(=O)(=O)c1ccc(C(=O)Nc2cc(F)ccc2NC(=O)OC(C)(C)C)cc1. The van der Waals surface area contributed by atoms with Crippen LogP contribution in [0.15, 0.2) is 60.0 Å². The summed E-state index contributed by atoms with van der Waals surface area (Å²) in [5.41, 5.74) is -0.456. The second-order valence-electron chi connectivity index (χ2n) is 7.44. The molecule has 0 aromatic heterocycles. The van der Waals surface area contributed by atoms with E-state index in [4.69, 9.17) is 4.74 Å². The Labute approximate surface area is 180 Å². The van der Waals surface area contributed by atoms with Gasteiger partial charge in [0.25, 0.3) is 5.91 Å². The maximum Gasteiger partial charge on any atom is 0.412 e. The zero-order valence-electron chi connectivity index (χ0n) is 17.4. The number of sulfonamides is 1. The van der Waals surface area contributed by atoms with Crippen molar-refractivity contribution in [3.8, 4) is 0 Å². The summed E-state index contributed by atoms with van der Waals surface area (Å²) in [6.07, 6.45) is 0.637. The Morgan fingerprint density at radius 2 is 1.71 bits per heavy atom. The molecule has 0 saturated carbocycles. The van der Waals surface area contributed by atoms with E-state index in [9.17, 15) is 22.4 Å². The Kier molecular flexibility index (Phi) is 7.53. The molecule has 0 radical (unpaired) electrons. The van der Waals surface area contributed by atoms with Crippen LogP contribution < -0.4 is 15.4 Å². The van der Waals surface area contributed by atoms with Gasteiger partial charge in [-0.2, -0.15) is 0 Å². The average molecular weight is 450 g/mol. The molecular formula is C21H24FN3O5S. The van der Waals surface area contributed by atoms with Crippen LogP contribution in [0.2, 0.25) is 0 Å². The number of amides is 2. The molecule has 0 aliphatic rings. The molecule has 2 aromatic carbocycles. The fourth-order valence-corrected chi connectivity index (χ4v) is 3.37. The van der Waals surface area contributed by atoms with Gasteiger partial charge in [0.05, 0.1) is 16.3 Å². The van der Waals surface area contributed by atoms with Gasteiger partial charge in [-0.05, 0) is 63.2 Å². The molecule has 0 aliphatic carbocycles. The fourth-order valence-electron chi connectivity index (χ4n) is 2.37. The van der Waals surface area contributed by atoms with Gasteiger partial charge in [-0.15, -0.1) is 6.58 Å². The van der Waals surface area contributed by atoms with E-state index in [2.05, 4.69) is 21.9 Å². The van der Waals surface area contributed by atoms with Gasteiger partial charge in [-0.3, -0.25) is 10.1 Å². The third-order valence-electron chi connectivity index (χ3n) is 3.71. The molecule has 0 unspecified atom stereocenters. The summed E-state index contributed by atoms with van der Waals surface area (Å²) >= 11 is 0. The van der Waals surface area contributed by atoms with E-state index in [-0.39, 0.29) is 28.4 Å². The number of ether oxygens (including phenoxy) is 1. The van der Waals surface area contributed by atoms with Crippen molar-refractivity contribution in [2.75, 3.05) is 17.2 Å². The lowest BCUT2D eigenvalue weighted by atomic mass is 10.2. The number of carbonyl (C=O) groups is 2. The summed E-state index contributed by atoms with van der Waals surface area (Å²) < 4.78 is 45.4. The van der Waals surface area contributed by atoms with Crippen LogP contribution in [0.4, 0.5) is 20.6 Å². The zero-order valence-corrected chi connectivity index (χ0v) is 18.2. The Balaban J connectivity index is 2.19. The molecule has 0 fully saturated rings. The van der Waals surface area contributed by atoms with E-state index >= 15 is 0 Å². The van der Waals surface area contributed by atoms with Gasteiger partial charge in [-0.25, -0.2) is 22.3 Å². The zero-order chi connectivity index (χ0) is 23.2. The molecule has 3 N–H and O–H groups in total. The van der Waals surface area contributed by atoms with Crippen LogP contribution in [0.3, 0.4) is 0 Å². The first-order valence-electron chi connectivity index (χ1n) is 9.23. The van der Waals surface area contributed by atoms with Crippen molar-refractivity contribution in [2.45, 2.75) is 31.3 Å². The van der Waals surface area contributed by atoms with Gasteiger partial charge in [0.2, 0.25) is 10.0 Å². The normalized spacial score (nSPS) is 11.5. The lowest BCUT2D eigenvalue weighted by Crippen LogP contribution is -2.27. The second kappa shape index (κ2) is 9.71. The number of nitrogens with one attached hydrogen (secondary N) is 3. The van der Waals surface area contributed by atoms with Gasteiger partial charge in [-0.1, -0.05) is 6.08 Å². The predicted molar refractivity (Wildman–Crippen MR) is 116 cm³/mol. The molecule has 0 aliphatic heterocycles. The first kappa shape index (κ1) is 24.0. The second-order valence-corrected chi connectivity index (χ2v) is 9.20. The molecule has 2 amide bonds. The summed E-state index contributed by atoms with van der Waals surface area (Å²) in [7, 11) is -3.73. The monoisotopic (exact) mass is 449 g/mol. The highest BCUT2D eigenvalue weighted by molar-refractivity contribution is 7.89. The van der Waals surface area contributed by atoms with Gasteiger partial charge in [0.15, 0.2) is 0 Å². The van der Waals surface area contributed by atoms with Gasteiger partial charge in [0.1, 0.15) is 11.4 Å². The highest BCUT2D eigenvalue weighted by atomic mass is 32.2. The van der Waals surface area contributed by atoms with Gasteiger partial charge in [0, 0.05) is 12.1 Å². The minimum Gasteiger partial charge on any atom is -0.444 e. The fraction of sp³-hybridized carbons (Fsp3) is 0.238. The Bertz CT molecular complexity index is 1080. The number of anilines is 2. The van der Waals surface area contributed by atoms with E-state index in [1.807, 2.05) is 0 Å². The quantitative estimate of drug-likeness (QED) is 0.555. The van der Waals surface area contributed by atoms with Crippen LogP contribution >= 0.6 is 0 Å². The highest BCUT2D eigenvalue weighted by Gasteiger charge is 2.19. The van der Waals surface area contributed by atoms with E-state index < -0.39 is 33.4 Å². The van der Waals surface area contributed by atoms with Crippen LogP contribution in [0.1, 0.15) is 31.1 Å². The largest absolute Gasteiger partial charge is 0.444 e. The topological polar surface area (TPSA) is 114 Å². The molecule has 0 saturated heterocycles. The van der Waals surface area contributed by atoms with Gasteiger partial charge >= 0.3 is 6.09 Å². The number of halogens is 1. The van der Waals surface area contributed by atoms with E-state index in [1.165, 1.54) is 36.4 Å². The standard InChI is InChI=1S/C21H24FN3O5S/c1-5-12-23-31(28,29)16-9-6-14(7-10-16)19(26)24-18-13-15(22)8-11-17(18)25-20(27)30-21(2,3)4/h5-11,13,23H,1,12H2,2-4H3,(H,24,26)(H,25,27). The minimum atomic E-state index is -3.73. The summed E-state index contributed by atoms with van der Waals surface area (Å²) in [4.78, 5) is 24.6. The lowest BCUT2D eigenvalue weighted by molar-refractivity contribution is 0.0635. The van der Waals surface area contributed by atoms with E-state index in [0.29, 0.717) is 0 Å². The average Bonchev–Trinajstić information content (AvgIpc) is 2.67. The maximum atomic E-state index is 13.7. The van der Waals surface area contributed by atoms with Crippen LogP contribution in [0.5, 0.6) is 0 Å². The Morgan fingerprint density at radius 1 is 1.06 bits per heavy atom.